The van der Waals surface area contributed by atoms with Gasteiger partial charge >= 0.3 is 0 Å². The maximum absolute atomic E-state index is 12.5. The Morgan fingerprint density at radius 3 is 2.41 bits per heavy atom. The summed E-state index contributed by atoms with van der Waals surface area (Å²) in [5.41, 5.74) is 1.59. The molecule has 0 aromatic heterocycles. The number of likely N-dealkylation sites (N-methyl/N-ethyl adjacent to an activating group) is 1. The number of hydrogen-bond donors (Lipinski definition) is 2. The van der Waals surface area contributed by atoms with Crippen LogP contribution in [0.5, 0.6) is 0 Å². The van der Waals surface area contributed by atoms with Gasteiger partial charge in [0.05, 0.1) is 23.8 Å². The molecule has 0 radical (unpaired) electrons. The summed E-state index contributed by atoms with van der Waals surface area (Å²) in [4.78, 5) is 26.7. The van der Waals surface area contributed by atoms with E-state index >= 15 is 0 Å². The van der Waals surface area contributed by atoms with Gasteiger partial charge in [0.2, 0.25) is 11.8 Å². The van der Waals surface area contributed by atoms with Gasteiger partial charge in [-0.05, 0) is 37.6 Å². The lowest BCUT2D eigenvalue weighted by Gasteiger charge is -2.23. The number of hydrogen-bond acceptors (Lipinski definition) is 4. The van der Waals surface area contributed by atoms with Crippen molar-refractivity contribution in [3.63, 3.8) is 0 Å². The number of anilines is 2. The Labute approximate surface area is 169 Å². The first-order chi connectivity index (χ1) is 14.0. The summed E-state index contributed by atoms with van der Waals surface area (Å²) in [6.07, 6.45) is 0. The molecular formula is C23H22N4O2. The lowest BCUT2D eigenvalue weighted by Crippen LogP contribution is -2.43. The second kappa shape index (κ2) is 9.00. The number of carbonyl (C=O) groups excluding carboxylic acids is 2. The third kappa shape index (κ3) is 4.78. The Morgan fingerprint density at radius 2 is 1.62 bits per heavy atom. The molecule has 2 N–H and O–H groups in total. The number of nitriles is 1. The van der Waals surface area contributed by atoms with Crippen LogP contribution in [-0.4, -0.2) is 36.3 Å². The van der Waals surface area contributed by atoms with E-state index in [1.807, 2.05) is 42.5 Å². The molecule has 0 fully saturated rings. The average Bonchev–Trinajstić information content (AvgIpc) is 2.73. The van der Waals surface area contributed by atoms with E-state index in [1.165, 1.54) is 0 Å². The van der Waals surface area contributed by atoms with Crippen molar-refractivity contribution in [2.45, 2.75) is 13.0 Å². The zero-order valence-corrected chi connectivity index (χ0v) is 16.3. The quantitative estimate of drug-likeness (QED) is 0.678. The number of para-hydroxylation sites is 1. The van der Waals surface area contributed by atoms with Crippen LogP contribution in [0.1, 0.15) is 12.5 Å². The Balaban J connectivity index is 1.63. The van der Waals surface area contributed by atoms with E-state index in [4.69, 9.17) is 5.26 Å². The van der Waals surface area contributed by atoms with Gasteiger partial charge in [-0.15, -0.1) is 0 Å². The van der Waals surface area contributed by atoms with E-state index in [0.29, 0.717) is 11.3 Å². The standard InChI is InChI=1S/C23H22N4O2/c1-16(23(29)26-20-12-6-4-9-18(20)14-24)27(2)15-22(28)25-21-13-7-10-17-8-3-5-11-19(17)21/h3-13,16H,15H2,1-2H3,(H,25,28)(H,26,29)/t16-/m1/s1. The summed E-state index contributed by atoms with van der Waals surface area (Å²) in [5, 5.41) is 16.8. The van der Waals surface area contributed by atoms with Gasteiger partial charge < -0.3 is 10.6 Å². The average molecular weight is 386 g/mol. The Hall–Kier alpha value is -3.69. The zero-order chi connectivity index (χ0) is 20.8. The van der Waals surface area contributed by atoms with E-state index in [9.17, 15) is 9.59 Å². The van der Waals surface area contributed by atoms with Crippen LogP contribution in [0.3, 0.4) is 0 Å². The summed E-state index contributed by atoms with van der Waals surface area (Å²) in [5.74, 6) is -0.492. The number of amides is 2. The van der Waals surface area contributed by atoms with Gasteiger partial charge in [-0.1, -0.05) is 48.5 Å². The number of rotatable bonds is 6. The molecule has 3 aromatic carbocycles. The number of carbonyl (C=O) groups is 2. The van der Waals surface area contributed by atoms with Crippen molar-refractivity contribution in [2.24, 2.45) is 0 Å². The van der Waals surface area contributed by atoms with Gasteiger partial charge in [-0.2, -0.15) is 5.26 Å². The summed E-state index contributed by atoms with van der Waals surface area (Å²) >= 11 is 0. The van der Waals surface area contributed by atoms with Crippen LogP contribution in [-0.2, 0) is 9.59 Å². The molecule has 3 aromatic rings. The maximum atomic E-state index is 12.5. The fraction of sp³-hybridized carbons (Fsp3) is 0.174. The molecule has 0 spiro atoms. The molecule has 0 heterocycles. The van der Waals surface area contributed by atoms with Crippen LogP contribution in [0.2, 0.25) is 0 Å². The summed E-state index contributed by atoms with van der Waals surface area (Å²) in [6, 6.07) is 21.9. The van der Waals surface area contributed by atoms with Gasteiger partial charge in [-0.3, -0.25) is 14.5 Å². The number of nitrogens with one attached hydrogen (secondary N) is 2. The first-order valence-electron chi connectivity index (χ1n) is 9.27. The SMILES string of the molecule is C[C@H](C(=O)Nc1ccccc1C#N)N(C)CC(=O)Nc1cccc2ccccc12. The van der Waals surface area contributed by atoms with E-state index in [-0.39, 0.29) is 18.4 Å². The number of fused-ring (bicyclic) bond motifs is 1. The van der Waals surface area contributed by atoms with Crippen LogP contribution in [0.4, 0.5) is 11.4 Å². The van der Waals surface area contributed by atoms with Crippen molar-refractivity contribution >= 4 is 34.0 Å². The fourth-order valence-electron chi connectivity index (χ4n) is 3.01. The molecule has 6 nitrogen and oxygen atoms in total. The van der Waals surface area contributed by atoms with Crippen LogP contribution in [0, 0.1) is 11.3 Å². The first kappa shape index (κ1) is 20.1. The van der Waals surface area contributed by atoms with Crippen molar-refractivity contribution in [1.29, 1.82) is 5.26 Å². The maximum Gasteiger partial charge on any atom is 0.241 e. The van der Waals surface area contributed by atoms with E-state index in [0.717, 1.165) is 16.5 Å². The smallest absolute Gasteiger partial charge is 0.241 e. The van der Waals surface area contributed by atoms with Crippen LogP contribution in [0.15, 0.2) is 66.7 Å². The highest BCUT2D eigenvalue weighted by molar-refractivity contribution is 6.03. The minimum absolute atomic E-state index is 0.0533. The topological polar surface area (TPSA) is 85.2 Å². The molecule has 146 valence electrons. The molecular weight excluding hydrogens is 364 g/mol. The molecule has 0 aliphatic rings. The molecule has 0 unspecified atom stereocenters. The Bertz CT molecular complexity index is 1080. The lowest BCUT2D eigenvalue weighted by atomic mass is 10.1. The van der Waals surface area contributed by atoms with Crippen molar-refractivity contribution in [3.05, 3.63) is 72.3 Å². The van der Waals surface area contributed by atoms with Gasteiger partial charge in [0.15, 0.2) is 0 Å². The van der Waals surface area contributed by atoms with Gasteiger partial charge in [-0.25, -0.2) is 0 Å². The third-order valence-electron chi connectivity index (χ3n) is 4.80. The minimum Gasteiger partial charge on any atom is -0.324 e. The summed E-state index contributed by atoms with van der Waals surface area (Å²) in [6.45, 7) is 1.77. The Morgan fingerprint density at radius 1 is 0.966 bits per heavy atom. The van der Waals surface area contributed by atoms with Gasteiger partial charge in [0.25, 0.3) is 0 Å². The first-order valence-corrected chi connectivity index (χ1v) is 9.27. The summed E-state index contributed by atoms with van der Waals surface area (Å²) < 4.78 is 0. The van der Waals surface area contributed by atoms with Crippen LogP contribution < -0.4 is 10.6 Å². The van der Waals surface area contributed by atoms with Crippen molar-refractivity contribution in [1.82, 2.24) is 4.90 Å². The molecule has 0 saturated heterocycles. The van der Waals surface area contributed by atoms with Crippen molar-refractivity contribution in [3.8, 4) is 6.07 Å². The van der Waals surface area contributed by atoms with E-state index < -0.39 is 6.04 Å². The Kier molecular flexibility index (Phi) is 6.22. The number of benzene rings is 3. The highest BCUT2D eigenvalue weighted by Gasteiger charge is 2.21. The van der Waals surface area contributed by atoms with Crippen LogP contribution >= 0.6 is 0 Å². The molecule has 0 aliphatic heterocycles. The molecule has 0 aliphatic carbocycles. The van der Waals surface area contributed by atoms with Crippen molar-refractivity contribution < 1.29 is 9.59 Å². The van der Waals surface area contributed by atoms with Crippen molar-refractivity contribution in [2.75, 3.05) is 24.2 Å². The minimum atomic E-state index is -0.556. The van der Waals surface area contributed by atoms with E-state index in [1.54, 1.807) is 43.1 Å². The van der Waals surface area contributed by atoms with Gasteiger partial charge in [0.1, 0.15) is 6.07 Å². The molecule has 1 atom stereocenters. The largest absolute Gasteiger partial charge is 0.324 e. The normalized spacial score (nSPS) is 11.7. The van der Waals surface area contributed by atoms with Crippen LogP contribution in [0.25, 0.3) is 10.8 Å². The monoisotopic (exact) mass is 386 g/mol. The molecule has 29 heavy (non-hydrogen) atoms. The predicted octanol–water partition coefficient (Wildman–Crippen LogP) is 3.61. The fourth-order valence-corrected chi connectivity index (χ4v) is 3.01. The zero-order valence-electron chi connectivity index (χ0n) is 16.3. The third-order valence-corrected chi connectivity index (χ3v) is 4.80. The molecule has 0 bridgehead atoms. The number of nitrogens with zero attached hydrogens (tertiary/aromatic N) is 2. The molecule has 0 saturated carbocycles. The van der Waals surface area contributed by atoms with E-state index in [2.05, 4.69) is 16.7 Å². The second-order valence-corrected chi connectivity index (χ2v) is 6.81. The molecule has 6 heteroatoms. The highest BCUT2D eigenvalue weighted by Crippen LogP contribution is 2.23. The predicted molar refractivity (Wildman–Crippen MR) is 114 cm³/mol. The molecule has 3 rings (SSSR count). The molecule has 2 amide bonds. The van der Waals surface area contributed by atoms with Gasteiger partial charge in [0, 0.05) is 11.1 Å². The second-order valence-electron chi connectivity index (χ2n) is 6.81. The highest BCUT2D eigenvalue weighted by atomic mass is 16.2. The lowest BCUT2D eigenvalue weighted by molar-refractivity contribution is -0.122. The summed E-state index contributed by atoms with van der Waals surface area (Å²) in [7, 11) is 1.71.